The Morgan fingerprint density at radius 3 is 2.65 bits per heavy atom. The van der Waals surface area contributed by atoms with Crippen LogP contribution in [0.2, 0.25) is 5.02 Å². The Hall–Kier alpha value is -1.74. The monoisotopic (exact) mass is 248 g/mol. The number of nitrogens with two attached hydrogens (primary N) is 1. The average molecular weight is 249 g/mol. The summed E-state index contributed by atoms with van der Waals surface area (Å²) in [5.74, 6) is 1.27. The Morgan fingerprint density at radius 2 is 2.00 bits per heavy atom. The van der Waals surface area contributed by atoms with Gasteiger partial charge < -0.3 is 10.5 Å². The first-order chi connectivity index (χ1) is 8.11. The maximum atomic E-state index is 6.01. The number of benzene rings is 1. The van der Waals surface area contributed by atoms with Crippen molar-refractivity contribution >= 4 is 17.4 Å². The summed E-state index contributed by atoms with van der Waals surface area (Å²) in [5.41, 5.74) is 8.57. The van der Waals surface area contributed by atoms with Crippen molar-refractivity contribution in [3.05, 3.63) is 41.0 Å². The van der Waals surface area contributed by atoms with Crippen LogP contribution < -0.4 is 10.5 Å². The van der Waals surface area contributed by atoms with Crippen LogP contribution in [-0.4, -0.2) is 12.1 Å². The summed E-state index contributed by atoms with van der Waals surface area (Å²) in [7, 11) is 1.63. The number of pyridine rings is 1. The first kappa shape index (κ1) is 11.7. The summed E-state index contributed by atoms with van der Waals surface area (Å²) in [6.07, 6.45) is 1.73. The number of aryl methyl sites for hydroxylation is 1. The number of nitrogen functional groups attached to an aromatic ring is 1. The van der Waals surface area contributed by atoms with E-state index in [1.165, 1.54) is 0 Å². The molecule has 4 heteroatoms. The van der Waals surface area contributed by atoms with Crippen molar-refractivity contribution in [1.29, 1.82) is 0 Å². The van der Waals surface area contributed by atoms with Gasteiger partial charge in [-0.1, -0.05) is 11.6 Å². The highest BCUT2D eigenvalue weighted by Gasteiger charge is 2.09. The van der Waals surface area contributed by atoms with Gasteiger partial charge in [0.2, 0.25) is 0 Å². The zero-order valence-electron chi connectivity index (χ0n) is 9.70. The van der Waals surface area contributed by atoms with E-state index in [1.54, 1.807) is 19.4 Å². The lowest BCUT2D eigenvalue weighted by Gasteiger charge is -2.11. The highest BCUT2D eigenvalue weighted by molar-refractivity contribution is 6.31. The molecular weight excluding hydrogens is 236 g/mol. The van der Waals surface area contributed by atoms with Crippen LogP contribution in [0, 0.1) is 6.92 Å². The fourth-order valence-corrected chi connectivity index (χ4v) is 1.92. The highest BCUT2D eigenvalue weighted by atomic mass is 35.5. The molecule has 3 nitrogen and oxygen atoms in total. The predicted molar refractivity (Wildman–Crippen MR) is 70.4 cm³/mol. The molecule has 0 spiro atoms. The van der Waals surface area contributed by atoms with Crippen molar-refractivity contribution in [2.75, 3.05) is 12.8 Å². The van der Waals surface area contributed by atoms with E-state index in [1.807, 2.05) is 25.1 Å². The lowest BCUT2D eigenvalue weighted by Crippen LogP contribution is -1.94. The Bertz CT molecular complexity index is 555. The van der Waals surface area contributed by atoms with E-state index in [4.69, 9.17) is 22.1 Å². The van der Waals surface area contributed by atoms with Gasteiger partial charge >= 0.3 is 0 Å². The fourth-order valence-electron chi connectivity index (χ4n) is 1.75. The Labute approximate surface area is 105 Å². The molecule has 1 aromatic carbocycles. The summed E-state index contributed by atoms with van der Waals surface area (Å²) in [6, 6.07) is 7.33. The summed E-state index contributed by atoms with van der Waals surface area (Å²) in [4.78, 5) is 4.10. The van der Waals surface area contributed by atoms with E-state index in [0.717, 1.165) is 22.4 Å². The fraction of sp³-hybridized carbons (Fsp3) is 0.154. The third-order valence-corrected chi connectivity index (χ3v) is 2.82. The number of halogens is 1. The number of aromatic nitrogens is 1. The van der Waals surface area contributed by atoms with Crippen LogP contribution in [0.25, 0.3) is 11.1 Å². The highest BCUT2D eigenvalue weighted by Crippen LogP contribution is 2.34. The molecule has 2 rings (SSSR count). The van der Waals surface area contributed by atoms with Crippen molar-refractivity contribution in [2.45, 2.75) is 6.92 Å². The van der Waals surface area contributed by atoms with Gasteiger partial charge in [-0.25, -0.2) is 4.98 Å². The van der Waals surface area contributed by atoms with Gasteiger partial charge in [0.15, 0.2) is 0 Å². The van der Waals surface area contributed by atoms with Gasteiger partial charge in [-0.15, -0.1) is 0 Å². The molecule has 0 fully saturated rings. The molecule has 0 atom stereocenters. The van der Waals surface area contributed by atoms with Crippen molar-refractivity contribution in [2.24, 2.45) is 0 Å². The minimum Gasteiger partial charge on any atom is -0.496 e. The number of nitrogens with zero attached hydrogens (tertiary/aromatic N) is 1. The topological polar surface area (TPSA) is 48.1 Å². The molecule has 2 aromatic rings. The summed E-state index contributed by atoms with van der Waals surface area (Å²) in [6.45, 7) is 1.98. The third kappa shape index (κ3) is 2.34. The second-order valence-corrected chi connectivity index (χ2v) is 4.21. The third-order valence-electron chi connectivity index (χ3n) is 2.58. The van der Waals surface area contributed by atoms with E-state index in [0.29, 0.717) is 10.8 Å². The van der Waals surface area contributed by atoms with Gasteiger partial charge in [-0.2, -0.15) is 0 Å². The largest absolute Gasteiger partial charge is 0.496 e. The minimum absolute atomic E-state index is 0.507. The molecule has 1 heterocycles. The van der Waals surface area contributed by atoms with Gasteiger partial charge in [0.25, 0.3) is 0 Å². The average Bonchev–Trinajstić information content (AvgIpc) is 2.29. The van der Waals surface area contributed by atoms with Crippen LogP contribution in [0.4, 0.5) is 5.82 Å². The molecule has 88 valence electrons. The van der Waals surface area contributed by atoms with Crippen molar-refractivity contribution in [3.63, 3.8) is 0 Å². The molecule has 0 saturated heterocycles. The Morgan fingerprint density at radius 1 is 1.24 bits per heavy atom. The van der Waals surface area contributed by atoms with Crippen LogP contribution in [0.3, 0.4) is 0 Å². The second-order valence-electron chi connectivity index (χ2n) is 3.77. The molecule has 0 saturated carbocycles. The van der Waals surface area contributed by atoms with Crippen molar-refractivity contribution in [1.82, 2.24) is 4.98 Å². The van der Waals surface area contributed by atoms with Gasteiger partial charge in [0, 0.05) is 22.3 Å². The molecule has 2 N–H and O–H groups in total. The van der Waals surface area contributed by atoms with Crippen LogP contribution in [0.1, 0.15) is 5.56 Å². The van der Waals surface area contributed by atoms with E-state index in [2.05, 4.69) is 4.98 Å². The zero-order valence-corrected chi connectivity index (χ0v) is 10.5. The van der Waals surface area contributed by atoms with Crippen LogP contribution in [0.5, 0.6) is 5.75 Å². The first-order valence-corrected chi connectivity index (χ1v) is 5.55. The number of hydrogen-bond donors (Lipinski definition) is 1. The molecule has 0 aliphatic heterocycles. The number of rotatable bonds is 2. The smallest absolute Gasteiger partial charge is 0.126 e. The lowest BCUT2D eigenvalue weighted by atomic mass is 10.0. The standard InChI is InChI=1S/C13H13ClN2O/c1-8-5-13(15)16-7-11(8)10-6-9(14)3-4-12(10)17-2/h3-7H,1-2H3,(H2,15,16). The molecule has 17 heavy (non-hydrogen) atoms. The maximum absolute atomic E-state index is 6.01. The summed E-state index contributed by atoms with van der Waals surface area (Å²) >= 11 is 6.01. The summed E-state index contributed by atoms with van der Waals surface area (Å²) in [5, 5.41) is 0.664. The van der Waals surface area contributed by atoms with Gasteiger partial charge in [0.05, 0.1) is 7.11 Å². The van der Waals surface area contributed by atoms with Crippen molar-refractivity contribution in [3.8, 4) is 16.9 Å². The summed E-state index contributed by atoms with van der Waals surface area (Å²) < 4.78 is 5.32. The van der Waals surface area contributed by atoms with E-state index < -0.39 is 0 Å². The molecule has 0 aliphatic carbocycles. The Kier molecular flexibility index (Phi) is 3.20. The molecule has 0 bridgehead atoms. The van der Waals surface area contributed by atoms with Gasteiger partial charge in [-0.3, -0.25) is 0 Å². The molecule has 0 aliphatic rings. The molecule has 1 aromatic heterocycles. The number of methoxy groups -OCH3 is 1. The number of ether oxygens (including phenoxy) is 1. The van der Waals surface area contributed by atoms with E-state index in [-0.39, 0.29) is 0 Å². The van der Waals surface area contributed by atoms with Crippen LogP contribution in [0.15, 0.2) is 30.5 Å². The lowest BCUT2D eigenvalue weighted by molar-refractivity contribution is 0.416. The SMILES string of the molecule is COc1ccc(Cl)cc1-c1cnc(N)cc1C. The van der Waals surface area contributed by atoms with E-state index >= 15 is 0 Å². The molecule has 0 unspecified atom stereocenters. The van der Waals surface area contributed by atoms with Gasteiger partial charge in [-0.05, 0) is 36.8 Å². The second kappa shape index (κ2) is 4.63. The van der Waals surface area contributed by atoms with Crippen molar-refractivity contribution < 1.29 is 4.74 Å². The normalized spacial score (nSPS) is 10.3. The minimum atomic E-state index is 0.507. The molecular formula is C13H13ClN2O. The first-order valence-electron chi connectivity index (χ1n) is 5.18. The molecule has 0 radical (unpaired) electrons. The zero-order chi connectivity index (χ0) is 12.4. The Balaban J connectivity index is 2.62. The quantitative estimate of drug-likeness (QED) is 0.887. The molecule has 0 amide bonds. The van der Waals surface area contributed by atoms with Crippen LogP contribution in [-0.2, 0) is 0 Å². The van der Waals surface area contributed by atoms with Gasteiger partial charge in [0.1, 0.15) is 11.6 Å². The van der Waals surface area contributed by atoms with Crippen LogP contribution >= 0.6 is 11.6 Å². The number of anilines is 1. The van der Waals surface area contributed by atoms with E-state index in [9.17, 15) is 0 Å². The number of hydrogen-bond acceptors (Lipinski definition) is 3. The maximum Gasteiger partial charge on any atom is 0.126 e. The predicted octanol–water partition coefficient (Wildman–Crippen LogP) is 3.30.